The molecule has 0 unspecified atom stereocenters. The summed E-state index contributed by atoms with van der Waals surface area (Å²) >= 11 is 0. The van der Waals surface area contributed by atoms with Gasteiger partial charge in [-0.15, -0.1) is 0 Å². The summed E-state index contributed by atoms with van der Waals surface area (Å²) in [6.45, 7) is 4.74. The van der Waals surface area contributed by atoms with Crippen LogP contribution >= 0.6 is 0 Å². The highest BCUT2D eigenvalue weighted by Crippen LogP contribution is 2.57. The first-order valence-corrected chi connectivity index (χ1v) is 51.6. The molecule has 31 aromatic rings. The highest BCUT2D eigenvalue weighted by Gasteiger charge is 2.38. The van der Waals surface area contributed by atoms with Gasteiger partial charge in [0.25, 0.3) is 0 Å². The van der Waals surface area contributed by atoms with Gasteiger partial charge in [0.05, 0.1) is 33.1 Å². The fourth-order valence-corrected chi connectivity index (χ4v) is 25.9. The maximum absolute atomic E-state index is 2.50. The van der Waals surface area contributed by atoms with Crippen molar-refractivity contribution >= 4 is 195 Å². The molecule has 0 spiro atoms. The topological polar surface area (TPSA) is 14.8 Å². The molecule has 3 nitrogen and oxygen atoms in total. The van der Waals surface area contributed by atoms with E-state index in [2.05, 4.69) is 555 Å². The second-order valence-electron chi connectivity index (χ2n) is 40.6. The molecule has 3 heterocycles. The Bertz CT molecular complexity index is 10800. The van der Waals surface area contributed by atoms with E-state index in [4.69, 9.17) is 0 Å². The van der Waals surface area contributed by atoms with E-state index in [9.17, 15) is 0 Å². The number of hydrogen-bond acceptors (Lipinski definition) is 0. The Labute approximate surface area is 855 Å². The largest absolute Gasteiger partial charge is 0.309 e. The van der Waals surface area contributed by atoms with E-state index < -0.39 is 0 Å². The monoisotopic (exact) mass is 1880 g/mol. The van der Waals surface area contributed by atoms with Crippen molar-refractivity contribution in [3.8, 4) is 95.0 Å². The predicted octanol–water partition coefficient (Wildman–Crippen LogP) is 39.9. The molecule has 0 bridgehead atoms. The highest BCUT2D eigenvalue weighted by atomic mass is 15.0. The minimum Gasteiger partial charge on any atom is -0.309 e. The fraction of sp³-hybridized carbons (Fsp3) is 0.0207. The first-order chi connectivity index (χ1) is 73.3. The summed E-state index contributed by atoms with van der Waals surface area (Å²) in [7, 11) is 0. The molecular formula is C145H93N3. The highest BCUT2D eigenvalue weighted by molar-refractivity contribution is 6.42. The zero-order valence-electron chi connectivity index (χ0n) is 81.6. The van der Waals surface area contributed by atoms with Gasteiger partial charge in [-0.25, -0.2) is 0 Å². The molecule has 0 atom stereocenters. The average molecular weight is 1880 g/mol. The van der Waals surface area contributed by atoms with Crippen molar-refractivity contribution < 1.29 is 0 Å². The quantitative estimate of drug-likeness (QED) is 0.128. The van der Waals surface area contributed by atoms with Crippen LogP contribution < -0.4 is 0 Å². The Hall–Kier alpha value is -19.1. The van der Waals surface area contributed by atoms with E-state index in [0.29, 0.717) is 0 Å². The molecule has 148 heavy (non-hydrogen) atoms. The van der Waals surface area contributed by atoms with Gasteiger partial charge in [-0.3, -0.25) is 0 Å². The van der Waals surface area contributed by atoms with E-state index in [-0.39, 0.29) is 5.41 Å². The number of para-hydroxylation sites is 6. The van der Waals surface area contributed by atoms with Crippen LogP contribution in [0.5, 0.6) is 0 Å². The van der Waals surface area contributed by atoms with Crippen molar-refractivity contribution in [2.45, 2.75) is 19.3 Å². The van der Waals surface area contributed by atoms with Crippen LogP contribution in [0.3, 0.4) is 0 Å². The summed E-state index contributed by atoms with van der Waals surface area (Å²) in [5.41, 5.74) is 31.3. The molecule has 3 aromatic heterocycles. The smallest absolute Gasteiger partial charge is 0.0626 e. The standard InChI is InChI=1S/C54H35N.C46H27N.C45H31N/c1-4-16-36(17-5-1)40-32-41(37-18-6-2-7-19-37)34-42(33-40)38-28-30-39(31-29-38)49-35-50-45-23-11-13-25-47(45)54-53(52(50)46-24-12-10-22-44(46)49)48-26-14-15-27-51(48)55(54)43-20-8-3-9-21-43;1-2-13-33(14-3-1)47-41-20-9-8-19-38(41)45-44-36-17-6-4-15-34(36)39(27-40(44)35-16-5-7-18-37(35)46(45)47)32-25-30-23-21-28-11-10-12-29-22-24-31(26-32)43(30)42(28)29;1-45(2)38-24-12-10-21-34(38)41-32(23-14-25-39(41)45)36-27-37-30-18-7-9-20-33(30)44-43(42(37)31-19-8-6-17-29(31)36)35-22-11-13-26-40(35)46(44)28-15-4-3-5-16-28/h1-35H;1-27H;3-27H,1-2H3. The van der Waals surface area contributed by atoms with E-state index >= 15 is 0 Å². The third-order valence-electron chi connectivity index (χ3n) is 32.3. The van der Waals surface area contributed by atoms with Gasteiger partial charge in [0.15, 0.2) is 0 Å². The molecule has 0 saturated heterocycles. The lowest BCUT2D eigenvalue weighted by Gasteiger charge is -2.22. The van der Waals surface area contributed by atoms with Gasteiger partial charge in [0.2, 0.25) is 0 Å². The molecule has 28 aromatic carbocycles. The second-order valence-corrected chi connectivity index (χ2v) is 40.6. The van der Waals surface area contributed by atoms with Crippen molar-refractivity contribution in [2.24, 2.45) is 0 Å². The first kappa shape index (κ1) is 84.6. The normalized spacial score (nSPS) is 12.4. The Morgan fingerprint density at radius 2 is 0.426 bits per heavy atom. The Balaban J connectivity index is 0.000000103. The lowest BCUT2D eigenvalue weighted by atomic mass is 9.81. The lowest BCUT2D eigenvalue weighted by Crippen LogP contribution is -2.14. The van der Waals surface area contributed by atoms with E-state index in [0.717, 1.165) is 0 Å². The van der Waals surface area contributed by atoms with Gasteiger partial charge in [0, 0.05) is 87.1 Å². The van der Waals surface area contributed by atoms with Gasteiger partial charge in [0.1, 0.15) is 0 Å². The van der Waals surface area contributed by atoms with Gasteiger partial charge >= 0.3 is 0 Å². The van der Waals surface area contributed by atoms with E-state index in [1.807, 2.05) is 0 Å². The van der Waals surface area contributed by atoms with Crippen LogP contribution in [-0.2, 0) is 5.41 Å². The molecule has 0 fully saturated rings. The number of fused-ring (bicyclic) bond motifs is 33. The van der Waals surface area contributed by atoms with E-state index in [1.54, 1.807) is 0 Å². The number of rotatable bonds is 9. The molecule has 0 aliphatic heterocycles. The van der Waals surface area contributed by atoms with Gasteiger partial charge in [-0.05, 0) is 289 Å². The number of nitrogens with zero attached hydrogens (tertiary/aromatic N) is 3. The third-order valence-corrected chi connectivity index (χ3v) is 32.3. The maximum atomic E-state index is 2.50. The Kier molecular flexibility index (Phi) is 19.2. The molecule has 1 aliphatic carbocycles. The first-order valence-electron chi connectivity index (χ1n) is 51.6. The lowest BCUT2D eigenvalue weighted by molar-refractivity contribution is 0.660. The molecule has 0 radical (unpaired) electrons. The molecule has 0 N–H and O–H groups in total. The van der Waals surface area contributed by atoms with Gasteiger partial charge < -0.3 is 13.7 Å². The summed E-state index contributed by atoms with van der Waals surface area (Å²) in [4.78, 5) is 0. The Morgan fingerprint density at radius 3 is 0.838 bits per heavy atom. The summed E-state index contributed by atoms with van der Waals surface area (Å²) in [5, 5.41) is 38.8. The SMILES string of the molecule is CC1(C)c2ccccc2-c2c(-c3cc4c5ccccc5c5c(c6ccccc6n5-c5ccccc5)c4c4ccccc34)cccc21.c1ccc(-c2cc(-c3ccccc3)cc(-c3ccc(-c4cc5c6ccccc6c6c(c7ccccc7n6-c6ccccc6)c5c5ccccc45)cc3)c2)cc1.c1ccc(-n2c3ccccc3c3c4c5ccccc5c(-c5cc6ccc7cccc8ccc(c5)c6c78)cc4c4ccccc4c32)cc1. The van der Waals surface area contributed by atoms with Crippen LogP contribution in [0.25, 0.3) is 290 Å². The molecule has 3 heteroatoms. The molecule has 32 rings (SSSR count). The second kappa shape index (κ2) is 33.5. The summed E-state index contributed by atoms with van der Waals surface area (Å²) in [6, 6.07) is 195. The number of aromatic nitrogens is 3. The minimum atomic E-state index is -0.0489. The fourth-order valence-electron chi connectivity index (χ4n) is 25.9. The summed E-state index contributed by atoms with van der Waals surface area (Å²) in [6.07, 6.45) is 0. The van der Waals surface area contributed by atoms with Gasteiger partial charge in [-0.1, -0.05) is 438 Å². The van der Waals surface area contributed by atoms with Crippen LogP contribution in [0.4, 0.5) is 0 Å². The van der Waals surface area contributed by atoms with Crippen molar-refractivity contribution in [1.82, 2.24) is 13.7 Å². The molecule has 0 saturated carbocycles. The van der Waals surface area contributed by atoms with Crippen LogP contribution in [0.1, 0.15) is 25.0 Å². The molecule has 1 aliphatic rings. The van der Waals surface area contributed by atoms with E-state index in [1.165, 1.54) is 301 Å². The number of benzene rings is 28. The van der Waals surface area contributed by atoms with Gasteiger partial charge in [-0.2, -0.15) is 0 Å². The predicted molar refractivity (Wildman–Crippen MR) is 634 cm³/mol. The average Bonchev–Trinajstić information content (AvgIpc) is 1.50. The van der Waals surface area contributed by atoms with Crippen molar-refractivity contribution in [3.05, 3.63) is 539 Å². The van der Waals surface area contributed by atoms with Crippen LogP contribution in [0, 0.1) is 0 Å². The third kappa shape index (κ3) is 12.9. The summed E-state index contributed by atoms with van der Waals surface area (Å²) in [5.74, 6) is 0. The maximum Gasteiger partial charge on any atom is 0.0626 e. The molecular weight excluding hydrogens is 1780 g/mol. The molecule has 688 valence electrons. The summed E-state index contributed by atoms with van der Waals surface area (Å²) < 4.78 is 7.40. The Morgan fingerprint density at radius 1 is 0.142 bits per heavy atom. The van der Waals surface area contributed by atoms with Crippen molar-refractivity contribution in [1.29, 1.82) is 0 Å². The molecule has 0 amide bonds. The van der Waals surface area contributed by atoms with Crippen LogP contribution in [-0.4, -0.2) is 13.7 Å². The van der Waals surface area contributed by atoms with Crippen LogP contribution in [0.2, 0.25) is 0 Å². The minimum absolute atomic E-state index is 0.0489. The van der Waals surface area contributed by atoms with Crippen molar-refractivity contribution in [3.63, 3.8) is 0 Å². The zero-order chi connectivity index (χ0) is 97.5. The van der Waals surface area contributed by atoms with Crippen molar-refractivity contribution in [2.75, 3.05) is 0 Å². The zero-order valence-corrected chi connectivity index (χ0v) is 81.6. The number of hydrogen-bond donors (Lipinski definition) is 0. The van der Waals surface area contributed by atoms with Crippen LogP contribution in [0.15, 0.2) is 528 Å².